The Morgan fingerprint density at radius 3 is 2.35 bits per heavy atom. The van der Waals surface area contributed by atoms with Gasteiger partial charge >= 0.3 is 0 Å². The van der Waals surface area contributed by atoms with Gasteiger partial charge < -0.3 is 4.98 Å². The van der Waals surface area contributed by atoms with Crippen LogP contribution in [0.5, 0.6) is 0 Å². The zero-order chi connectivity index (χ0) is 21.8. The van der Waals surface area contributed by atoms with Crippen LogP contribution in [0.2, 0.25) is 0 Å². The molecule has 3 bridgehead atoms. The van der Waals surface area contributed by atoms with E-state index in [1.165, 1.54) is 70.2 Å². The molecule has 34 heavy (non-hydrogen) atoms. The number of aromatic amines is 1. The second-order valence-electron chi connectivity index (χ2n) is 12.3. The lowest BCUT2D eigenvalue weighted by Gasteiger charge is -2.64. The van der Waals surface area contributed by atoms with E-state index >= 15 is 0 Å². The molecule has 0 amide bonds. The predicted molar refractivity (Wildman–Crippen MR) is 139 cm³/mol. The highest BCUT2D eigenvalue weighted by Gasteiger charge is 2.79. The Bertz CT molecular complexity index is 1710. The molecule has 2 spiro atoms. The maximum absolute atomic E-state index is 3.85. The zero-order valence-electron chi connectivity index (χ0n) is 19.3. The standard InChI is InChI=1S/C33H27N/c1-2-6-21-20(5-1)9-10-23-30-26(34-31(21)23)12-11-25-29(30)22-7-3-4-8-24(22)33(25)27-14-18-13-19-15-28(33)32(27,16-18)17-19/h1-12,18-19,27-28,34H,13-17H2. The van der Waals surface area contributed by atoms with Gasteiger partial charge in [-0.25, -0.2) is 0 Å². The van der Waals surface area contributed by atoms with Crippen LogP contribution in [-0.2, 0) is 5.41 Å². The Balaban J connectivity index is 1.35. The Morgan fingerprint density at radius 2 is 1.47 bits per heavy atom. The smallest absolute Gasteiger partial charge is 0.0544 e. The highest BCUT2D eigenvalue weighted by atomic mass is 14.8. The van der Waals surface area contributed by atoms with Crippen LogP contribution in [0.4, 0.5) is 0 Å². The SMILES string of the molecule is c1ccc2c(c1)-c1c(ccc3[nH]c4c5ccccc5ccc4c13)C21C2CC3CC4CC1C2(C3)C4. The van der Waals surface area contributed by atoms with E-state index in [-0.39, 0.29) is 5.41 Å². The fourth-order valence-electron chi connectivity index (χ4n) is 10.8. The second-order valence-corrected chi connectivity index (χ2v) is 12.3. The first-order valence-electron chi connectivity index (χ1n) is 13.4. The second kappa shape index (κ2) is 5.28. The number of benzene rings is 4. The van der Waals surface area contributed by atoms with Gasteiger partial charge in [-0.05, 0) is 94.9 Å². The average molecular weight is 438 g/mol. The van der Waals surface area contributed by atoms with Crippen molar-refractivity contribution in [3.63, 3.8) is 0 Å². The quantitative estimate of drug-likeness (QED) is 0.251. The number of aromatic nitrogens is 1. The Labute approximate surface area is 199 Å². The fourth-order valence-corrected chi connectivity index (χ4v) is 10.8. The van der Waals surface area contributed by atoms with Gasteiger partial charge in [0.2, 0.25) is 0 Å². The first kappa shape index (κ1) is 17.4. The van der Waals surface area contributed by atoms with Crippen molar-refractivity contribution in [2.24, 2.45) is 29.1 Å². The molecule has 5 aliphatic carbocycles. The van der Waals surface area contributed by atoms with Gasteiger partial charge in [0.1, 0.15) is 0 Å². The zero-order valence-corrected chi connectivity index (χ0v) is 19.3. The summed E-state index contributed by atoms with van der Waals surface area (Å²) < 4.78 is 0. The summed E-state index contributed by atoms with van der Waals surface area (Å²) in [5, 5.41) is 5.50. The van der Waals surface area contributed by atoms with Gasteiger partial charge in [0.15, 0.2) is 0 Å². The minimum Gasteiger partial charge on any atom is -0.354 e. The van der Waals surface area contributed by atoms with Crippen LogP contribution in [0.25, 0.3) is 43.7 Å². The van der Waals surface area contributed by atoms with E-state index in [2.05, 4.69) is 77.8 Å². The van der Waals surface area contributed by atoms with Crippen LogP contribution in [0.15, 0.2) is 72.8 Å². The molecular formula is C33H27N. The summed E-state index contributed by atoms with van der Waals surface area (Å²) in [6.45, 7) is 0. The molecule has 4 saturated carbocycles. The molecule has 1 nitrogen and oxygen atoms in total. The fraction of sp³-hybridized carbons (Fsp3) is 0.333. The molecule has 1 heterocycles. The van der Waals surface area contributed by atoms with Gasteiger partial charge in [-0.3, -0.25) is 0 Å². The molecule has 1 aromatic heterocycles. The Kier molecular flexibility index (Phi) is 2.70. The number of rotatable bonds is 0. The Morgan fingerprint density at radius 1 is 0.676 bits per heavy atom. The number of H-pyrrole nitrogens is 1. The van der Waals surface area contributed by atoms with E-state index in [9.17, 15) is 0 Å². The maximum atomic E-state index is 3.85. The topological polar surface area (TPSA) is 15.8 Å². The van der Waals surface area contributed by atoms with Crippen LogP contribution in [-0.4, -0.2) is 4.98 Å². The van der Waals surface area contributed by atoms with E-state index in [1.54, 1.807) is 16.7 Å². The number of fused-ring (bicyclic) bond motifs is 15. The molecule has 164 valence electrons. The molecule has 4 atom stereocenters. The van der Waals surface area contributed by atoms with E-state index < -0.39 is 0 Å². The molecule has 4 aromatic carbocycles. The molecule has 0 aliphatic heterocycles. The minimum atomic E-state index is 0.268. The summed E-state index contributed by atoms with van der Waals surface area (Å²) in [6.07, 6.45) is 7.52. The van der Waals surface area contributed by atoms with Crippen LogP contribution in [0.1, 0.15) is 43.2 Å². The van der Waals surface area contributed by atoms with Crippen molar-refractivity contribution < 1.29 is 0 Å². The minimum absolute atomic E-state index is 0.268. The molecule has 5 aromatic rings. The summed E-state index contributed by atoms with van der Waals surface area (Å²) in [6, 6.07) is 28.0. The first-order valence-corrected chi connectivity index (χ1v) is 13.4. The monoisotopic (exact) mass is 437 g/mol. The summed E-state index contributed by atoms with van der Waals surface area (Å²) >= 11 is 0. The summed E-state index contributed by atoms with van der Waals surface area (Å²) in [5.74, 6) is 3.70. The van der Waals surface area contributed by atoms with Gasteiger partial charge in [-0.15, -0.1) is 0 Å². The lowest BCUT2D eigenvalue weighted by Crippen LogP contribution is -2.62. The Hall–Kier alpha value is -3.06. The van der Waals surface area contributed by atoms with Gasteiger partial charge in [0.25, 0.3) is 0 Å². The molecule has 1 N–H and O–H groups in total. The molecular weight excluding hydrogens is 410 g/mol. The van der Waals surface area contributed by atoms with E-state index in [1.807, 2.05) is 0 Å². The highest BCUT2D eigenvalue weighted by molar-refractivity contribution is 6.22. The lowest BCUT2D eigenvalue weighted by molar-refractivity contribution is -0.0820. The van der Waals surface area contributed by atoms with Crippen molar-refractivity contribution in [3.8, 4) is 11.1 Å². The summed E-state index contributed by atoms with van der Waals surface area (Å²) in [7, 11) is 0. The van der Waals surface area contributed by atoms with Gasteiger partial charge in [-0.2, -0.15) is 0 Å². The highest BCUT2D eigenvalue weighted by Crippen LogP contribution is 2.85. The predicted octanol–water partition coefficient (Wildman–Crippen LogP) is 8.20. The number of nitrogens with one attached hydrogen (secondary N) is 1. The van der Waals surface area contributed by atoms with Gasteiger partial charge in [-0.1, -0.05) is 66.7 Å². The molecule has 4 unspecified atom stereocenters. The van der Waals surface area contributed by atoms with Gasteiger partial charge in [0.05, 0.1) is 5.52 Å². The van der Waals surface area contributed by atoms with Crippen molar-refractivity contribution in [1.82, 2.24) is 4.98 Å². The number of hydrogen-bond donors (Lipinski definition) is 1. The largest absolute Gasteiger partial charge is 0.354 e. The number of hydrogen-bond acceptors (Lipinski definition) is 0. The third-order valence-electron chi connectivity index (χ3n) is 11.4. The molecule has 5 aliphatic rings. The third-order valence-corrected chi connectivity index (χ3v) is 11.4. The molecule has 10 rings (SSSR count). The normalized spacial score (nSPS) is 35.9. The summed E-state index contributed by atoms with van der Waals surface area (Å²) in [5.41, 5.74) is 9.94. The summed E-state index contributed by atoms with van der Waals surface area (Å²) in [4.78, 5) is 3.85. The average Bonchev–Trinajstić information content (AvgIpc) is 3.53. The van der Waals surface area contributed by atoms with Gasteiger partial charge in [0, 0.05) is 27.1 Å². The van der Waals surface area contributed by atoms with Crippen molar-refractivity contribution >= 4 is 32.6 Å². The molecule has 4 fully saturated rings. The van der Waals surface area contributed by atoms with Crippen molar-refractivity contribution in [2.75, 3.05) is 0 Å². The van der Waals surface area contributed by atoms with Crippen molar-refractivity contribution in [1.29, 1.82) is 0 Å². The molecule has 0 radical (unpaired) electrons. The molecule has 1 heteroatoms. The van der Waals surface area contributed by atoms with E-state index in [0.717, 1.165) is 23.7 Å². The van der Waals surface area contributed by atoms with Crippen molar-refractivity contribution in [3.05, 3.63) is 83.9 Å². The van der Waals surface area contributed by atoms with Crippen LogP contribution < -0.4 is 0 Å². The van der Waals surface area contributed by atoms with E-state index in [0.29, 0.717) is 5.41 Å². The first-order chi connectivity index (χ1) is 16.8. The van der Waals surface area contributed by atoms with E-state index in [4.69, 9.17) is 0 Å². The van der Waals surface area contributed by atoms with Crippen LogP contribution in [0.3, 0.4) is 0 Å². The van der Waals surface area contributed by atoms with Crippen molar-refractivity contribution in [2.45, 2.75) is 37.5 Å². The van der Waals surface area contributed by atoms with Crippen LogP contribution >= 0.6 is 0 Å². The third kappa shape index (κ3) is 1.60. The lowest BCUT2D eigenvalue weighted by atomic mass is 9.38. The van der Waals surface area contributed by atoms with Crippen LogP contribution in [0, 0.1) is 29.1 Å². The molecule has 0 saturated heterocycles. The maximum Gasteiger partial charge on any atom is 0.0544 e.